The minimum Gasteiger partial charge on any atom is -0.384 e. The lowest BCUT2D eigenvalue weighted by Crippen LogP contribution is -2.36. The summed E-state index contributed by atoms with van der Waals surface area (Å²) < 4.78 is 0. The van der Waals surface area contributed by atoms with E-state index in [2.05, 4.69) is 10.2 Å². The molecule has 1 aliphatic heterocycles. The van der Waals surface area contributed by atoms with Crippen LogP contribution in [-0.4, -0.2) is 39.2 Å². The molecule has 5 nitrogen and oxygen atoms in total. The maximum atomic E-state index is 12.2. The van der Waals surface area contributed by atoms with Crippen molar-refractivity contribution < 1.29 is 9.90 Å². The van der Waals surface area contributed by atoms with Crippen molar-refractivity contribution in [3.05, 3.63) is 28.9 Å². The van der Waals surface area contributed by atoms with E-state index < -0.39 is 5.60 Å². The average molecular weight is 318 g/mol. The van der Waals surface area contributed by atoms with E-state index in [4.69, 9.17) is 11.6 Å². The Balaban J connectivity index is 1.47. The van der Waals surface area contributed by atoms with E-state index in [9.17, 15) is 9.90 Å². The van der Waals surface area contributed by atoms with Crippen molar-refractivity contribution in [2.75, 3.05) is 13.1 Å². The molecule has 5 rings (SSSR count). The fourth-order valence-electron chi connectivity index (χ4n) is 4.12. The van der Waals surface area contributed by atoms with Gasteiger partial charge < -0.3 is 10.0 Å². The van der Waals surface area contributed by atoms with Crippen LogP contribution >= 0.6 is 11.6 Å². The number of H-pyrrole nitrogens is 1. The quantitative estimate of drug-likeness (QED) is 0.889. The summed E-state index contributed by atoms with van der Waals surface area (Å²) in [6.45, 7) is 1.31. The van der Waals surface area contributed by atoms with Gasteiger partial charge in [-0.1, -0.05) is 11.6 Å². The van der Waals surface area contributed by atoms with Crippen LogP contribution in [0, 0.1) is 17.8 Å². The van der Waals surface area contributed by atoms with Crippen molar-refractivity contribution in [2.45, 2.75) is 18.4 Å². The summed E-state index contributed by atoms with van der Waals surface area (Å²) >= 11 is 6.18. The number of fused-ring (bicyclic) bond motifs is 2. The molecule has 0 spiro atoms. The highest BCUT2D eigenvalue weighted by Crippen LogP contribution is 2.63. The molecule has 2 saturated carbocycles. The van der Waals surface area contributed by atoms with E-state index in [0.717, 1.165) is 29.3 Å². The molecule has 3 aliphatic rings. The van der Waals surface area contributed by atoms with Gasteiger partial charge in [0.05, 0.1) is 11.7 Å². The van der Waals surface area contributed by atoms with E-state index >= 15 is 0 Å². The van der Waals surface area contributed by atoms with Crippen LogP contribution in [0.25, 0.3) is 10.9 Å². The summed E-state index contributed by atoms with van der Waals surface area (Å²) in [5.41, 5.74) is 0.817. The number of carbonyl (C=O) groups is 1. The predicted octanol–water partition coefficient (Wildman–Crippen LogP) is 1.90. The number of aliphatic hydroxyl groups is 1. The monoisotopic (exact) mass is 317 g/mol. The van der Waals surface area contributed by atoms with Crippen LogP contribution in [0.2, 0.25) is 5.02 Å². The Kier molecular flexibility index (Phi) is 2.36. The molecule has 2 N–H and O–H groups in total. The summed E-state index contributed by atoms with van der Waals surface area (Å²) in [6.07, 6.45) is 3.79. The first kappa shape index (κ1) is 12.9. The molecular weight excluding hydrogens is 302 g/mol. The molecule has 2 aliphatic carbocycles. The molecule has 0 radical (unpaired) electrons. The first-order valence-corrected chi connectivity index (χ1v) is 8.11. The summed E-state index contributed by atoms with van der Waals surface area (Å²) in [6, 6.07) is 3.66. The number of nitrogens with one attached hydrogen (secondary N) is 1. The molecule has 0 bridgehead atoms. The molecule has 1 saturated heterocycles. The number of amides is 1. The van der Waals surface area contributed by atoms with Crippen LogP contribution in [0.5, 0.6) is 0 Å². The Hall–Kier alpha value is -1.59. The number of piperidine rings is 1. The van der Waals surface area contributed by atoms with Gasteiger partial charge in [-0.2, -0.15) is 5.10 Å². The number of aromatic nitrogens is 2. The van der Waals surface area contributed by atoms with Crippen LogP contribution in [0.4, 0.5) is 0 Å². The highest BCUT2D eigenvalue weighted by molar-refractivity contribution is 6.31. The molecule has 1 amide bonds. The number of halogens is 1. The van der Waals surface area contributed by atoms with Crippen molar-refractivity contribution in [1.29, 1.82) is 0 Å². The zero-order valence-electron chi connectivity index (χ0n) is 11.9. The van der Waals surface area contributed by atoms with Gasteiger partial charge in [-0.05, 0) is 30.5 Å². The standard InChI is InChI=1S/C16H16ClN3O2/c17-9-3-11(10-5-18-19-14(10)4-9)16(22)12-6-20(7-13(12)16)15(21)8-1-2-8/h3-5,8,12-13,22H,1-2,6-7H2,(H,18,19)/t12-,13+,16-. The summed E-state index contributed by atoms with van der Waals surface area (Å²) in [5.74, 6) is 0.755. The van der Waals surface area contributed by atoms with Crippen LogP contribution < -0.4 is 0 Å². The van der Waals surface area contributed by atoms with E-state index in [1.54, 1.807) is 6.20 Å². The maximum Gasteiger partial charge on any atom is 0.225 e. The van der Waals surface area contributed by atoms with Crippen LogP contribution in [0.15, 0.2) is 18.3 Å². The number of rotatable bonds is 2. The van der Waals surface area contributed by atoms with Crippen molar-refractivity contribution in [2.24, 2.45) is 17.8 Å². The Morgan fingerprint density at radius 2 is 2.09 bits per heavy atom. The minimum atomic E-state index is -0.868. The molecule has 2 aromatic rings. The van der Waals surface area contributed by atoms with Crippen molar-refractivity contribution in [3.63, 3.8) is 0 Å². The normalized spacial score (nSPS) is 33.3. The lowest BCUT2D eigenvalue weighted by Gasteiger charge is -2.24. The summed E-state index contributed by atoms with van der Waals surface area (Å²) in [4.78, 5) is 14.1. The number of aromatic amines is 1. The highest BCUT2D eigenvalue weighted by Gasteiger charge is 2.69. The Morgan fingerprint density at radius 1 is 1.36 bits per heavy atom. The molecule has 3 atom stereocenters. The zero-order chi connectivity index (χ0) is 15.1. The first-order chi connectivity index (χ1) is 10.6. The number of carbonyl (C=O) groups excluding carboxylic acids is 1. The second-order valence-corrected chi connectivity index (χ2v) is 7.28. The second kappa shape index (κ2) is 4.03. The van der Waals surface area contributed by atoms with E-state index in [1.807, 2.05) is 17.0 Å². The lowest BCUT2D eigenvalue weighted by molar-refractivity contribution is -0.132. The molecular formula is C16H16ClN3O2. The molecule has 3 fully saturated rings. The van der Waals surface area contributed by atoms with Crippen molar-refractivity contribution >= 4 is 28.4 Å². The van der Waals surface area contributed by atoms with Gasteiger partial charge in [-0.3, -0.25) is 9.89 Å². The molecule has 1 aromatic carbocycles. The fourth-order valence-corrected chi connectivity index (χ4v) is 4.34. The first-order valence-electron chi connectivity index (χ1n) is 7.73. The third-order valence-corrected chi connectivity index (χ3v) is 5.75. The second-order valence-electron chi connectivity index (χ2n) is 6.84. The largest absolute Gasteiger partial charge is 0.384 e. The van der Waals surface area contributed by atoms with Gasteiger partial charge in [-0.25, -0.2) is 0 Å². The number of hydrogen-bond acceptors (Lipinski definition) is 3. The van der Waals surface area contributed by atoms with Crippen LogP contribution in [-0.2, 0) is 10.4 Å². The van der Waals surface area contributed by atoms with Gasteiger partial charge in [0.2, 0.25) is 5.91 Å². The minimum absolute atomic E-state index is 0.117. The van der Waals surface area contributed by atoms with Gasteiger partial charge in [0.15, 0.2) is 0 Å². The number of likely N-dealkylation sites (tertiary alicyclic amines) is 1. The lowest BCUT2D eigenvalue weighted by atomic mass is 9.99. The third-order valence-electron chi connectivity index (χ3n) is 5.53. The summed E-state index contributed by atoms with van der Waals surface area (Å²) in [7, 11) is 0. The topological polar surface area (TPSA) is 69.2 Å². The Morgan fingerprint density at radius 3 is 2.77 bits per heavy atom. The van der Waals surface area contributed by atoms with Gasteiger partial charge in [-0.15, -0.1) is 0 Å². The van der Waals surface area contributed by atoms with Crippen LogP contribution in [0.1, 0.15) is 18.4 Å². The Labute approximate surface area is 132 Å². The fraction of sp³-hybridized carbons (Fsp3) is 0.500. The number of hydrogen-bond donors (Lipinski definition) is 2. The zero-order valence-corrected chi connectivity index (χ0v) is 12.7. The van der Waals surface area contributed by atoms with Gasteiger partial charge in [0.1, 0.15) is 5.60 Å². The average Bonchev–Trinajstić information content (AvgIpc) is 3.28. The predicted molar refractivity (Wildman–Crippen MR) is 81.3 cm³/mol. The molecule has 1 aromatic heterocycles. The summed E-state index contributed by atoms with van der Waals surface area (Å²) in [5, 5.41) is 19.6. The smallest absolute Gasteiger partial charge is 0.225 e. The molecule has 22 heavy (non-hydrogen) atoms. The van der Waals surface area contributed by atoms with Crippen molar-refractivity contribution in [1.82, 2.24) is 15.1 Å². The Bertz CT molecular complexity index is 786. The molecule has 6 heteroatoms. The van der Waals surface area contributed by atoms with Gasteiger partial charge >= 0.3 is 0 Å². The van der Waals surface area contributed by atoms with Crippen molar-refractivity contribution in [3.8, 4) is 0 Å². The molecule has 2 heterocycles. The SMILES string of the molecule is O=C(C1CC1)N1C[C@@H]2[C@H](C1)[C@@]2(O)c1cc(Cl)cc2[nH]ncc12. The maximum absolute atomic E-state index is 12.2. The number of benzene rings is 1. The third kappa shape index (κ3) is 1.58. The molecule has 0 unspecified atom stereocenters. The van der Waals surface area contributed by atoms with Gasteiger partial charge in [0, 0.05) is 41.3 Å². The highest BCUT2D eigenvalue weighted by atomic mass is 35.5. The van der Waals surface area contributed by atoms with E-state index in [0.29, 0.717) is 18.1 Å². The van der Waals surface area contributed by atoms with E-state index in [-0.39, 0.29) is 23.7 Å². The van der Waals surface area contributed by atoms with E-state index in [1.165, 1.54) is 0 Å². The van der Waals surface area contributed by atoms with Gasteiger partial charge in [0.25, 0.3) is 0 Å². The number of nitrogens with zero attached hydrogens (tertiary/aromatic N) is 2. The van der Waals surface area contributed by atoms with Crippen LogP contribution in [0.3, 0.4) is 0 Å². The molecule has 114 valence electrons.